The van der Waals surface area contributed by atoms with E-state index in [1.54, 1.807) is 7.11 Å². The lowest BCUT2D eigenvalue weighted by molar-refractivity contribution is 0.366. The van der Waals surface area contributed by atoms with Crippen molar-refractivity contribution in [1.29, 1.82) is 0 Å². The molecule has 0 bridgehead atoms. The van der Waals surface area contributed by atoms with Gasteiger partial charge < -0.3 is 10.1 Å². The summed E-state index contributed by atoms with van der Waals surface area (Å²) in [6.07, 6.45) is 3.53. The zero-order valence-electron chi connectivity index (χ0n) is 9.99. The largest absolute Gasteiger partial charge is 0.481 e. The molecule has 88 valence electrons. The summed E-state index contributed by atoms with van der Waals surface area (Å²) in [5, 5.41) is 3.38. The molecule has 0 aliphatic carbocycles. The van der Waals surface area contributed by atoms with E-state index in [1.807, 2.05) is 13.0 Å². The summed E-state index contributed by atoms with van der Waals surface area (Å²) in [6.45, 7) is 4.17. The maximum atomic E-state index is 5.16. The minimum Gasteiger partial charge on any atom is -0.481 e. The first-order valence-electron chi connectivity index (χ1n) is 5.87. The van der Waals surface area contributed by atoms with E-state index in [0.717, 1.165) is 36.9 Å². The monoisotopic (exact) mass is 221 g/mol. The third kappa shape index (κ3) is 2.92. The summed E-state index contributed by atoms with van der Waals surface area (Å²) in [7, 11) is 1.65. The van der Waals surface area contributed by atoms with E-state index < -0.39 is 0 Å². The molecular weight excluding hydrogens is 202 g/mol. The predicted molar refractivity (Wildman–Crippen MR) is 62.6 cm³/mol. The lowest BCUT2D eigenvalue weighted by Crippen LogP contribution is -2.28. The molecule has 4 nitrogen and oxygen atoms in total. The van der Waals surface area contributed by atoms with Crippen molar-refractivity contribution in [2.75, 3.05) is 20.2 Å². The Labute approximate surface area is 96.4 Å². The Balaban J connectivity index is 2.04. The number of methoxy groups -OCH3 is 1. The molecule has 1 saturated heterocycles. The molecule has 0 radical (unpaired) electrons. The Morgan fingerprint density at radius 3 is 2.81 bits per heavy atom. The molecule has 0 spiro atoms. The number of hydrogen-bond donors (Lipinski definition) is 1. The SMILES string of the molecule is COc1cc(CC2CCNCC2)nc(C)n1. The standard InChI is InChI=1S/C12H19N3O/c1-9-14-11(8-12(15-9)16-2)7-10-3-5-13-6-4-10/h8,10,13H,3-7H2,1-2H3. The first-order valence-corrected chi connectivity index (χ1v) is 5.87. The van der Waals surface area contributed by atoms with E-state index in [2.05, 4.69) is 15.3 Å². The highest BCUT2D eigenvalue weighted by Crippen LogP contribution is 2.18. The molecule has 0 amide bonds. The van der Waals surface area contributed by atoms with Gasteiger partial charge in [0.2, 0.25) is 5.88 Å². The van der Waals surface area contributed by atoms with Crippen LogP contribution >= 0.6 is 0 Å². The van der Waals surface area contributed by atoms with Crippen LogP contribution in [0.1, 0.15) is 24.4 Å². The molecule has 4 heteroatoms. The van der Waals surface area contributed by atoms with Crippen LogP contribution in [0, 0.1) is 12.8 Å². The van der Waals surface area contributed by atoms with E-state index in [4.69, 9.17) is 4.74 Å². The van der Waals surface area contributed by atoms with Crippen molar-refractivity contribution >= 4 is 0 Å². The summed E-state index contributed by atoms with van der Waals surface area (Å²) in [4.78, 5) is 8.66. The molecule has 2 rings (SSSR count). The van der Waals surface area contributed by atoms with Gasteiger partial charge in [0.15, 0.2) is 0 Å². The average Bonchev–Trinajstić information content (AvgIpc) is 2.29. The van der Waals surface area contributed by atoms with E-state index >= 15 is 0 Å². The van der Waals surface area contributed by atoms with Gasteiger partial charge in [-0.3, -0.25) is 0 Å². The van der Waals surface area contributed by atoms with Crippen LogP contribution in [0.15, 0.2) is 6.07 Å². The smallest absolute Gasteiger partial charge is 0.216 e. The van der Waals surface area contributed by atoms with Crippen molar-refractivity contribution in [3.05, 3.63) is 17.6 Å². The Kier molecular flexibility index (Phi) is 3.72. The van der Waals surface area contributed by atoms with Crippen LogP contribution in [0.2, 0.25) is 0 Å². The molecule has 0 atom stereocenters. The number of rotatable bonds is 3. The number of nitrogens with one attached hydrogen (secondary N) is 1. The van der Waals surface area contributed by atoms with E-state index in [9.17, 15) is 0 Å². The van der Waals surface area contributed by atoms with Gasteiger partial charge in [-0.25, -0.2) is 4.98 Å². The molecule has 0 unspecified atom stereocenters. The molecule has 2 heterocycles. The maximum Gasteiger partial charge on any atom is 0.216 e. The molecule has 1 N–H and O–H groups in total. The lowest BCUT2D eigenvalue weighted by atomic mass is 9.93. The Morgan fingerprint density at radius 2 is 2.12 bits per heavy atom. The Hall–Kier alpha value is -1.16. The van der Waals surface area contributed by atoms with Crippen molar-refractivity contribution in [1.82, 2.24) is 15.3 Å². The van der Waals surface area contributed by atoms with E-state index in [-0.39, 0.29) is 0 Å². The zero-order chi connectivity index (χ0) is 11.4. The van der Waals surface area contributed by atoms with Crippen molar-refractivity contribution < 1.29 is 4.74 Å². The summed E-state index contributed by atoms with van der Waals surface area (Å²) < 4.78 is 5.16. The highest BCUT2D eigenvalue weighted by molar-refractivity contribution is 5.16. The van der Waals surface area contributed by atoms with Crippen molar-refractivity contribution in [3.8, 4) is 5.88 Å². The Morgan fingerprint density at radius 1 is 1.38 bits per heavy atom. The molecule has 16 heavy (non-hydrogen) atoms. The molecule has 0 aromatic carbocycles. The van der Waals surface area contributed by atoms with Crippen LogP contribution in [0.4, 0.5) is 0 Å². The molecular formula is C12H19N3O. The average molecular weight is 221 g/mol. The quantitative estimate of drug-likeness (QED) is 0.836. The molecule has 0 saturated carbocycles. The minimum absolute atomic E-state index is 0.677. The second-order valence-corrected chi connectivity index (χ2v) is 4.35. The van der Waals surface area contributed by atoms with Gasteiger partial charge in [-0.15, -0.1) is 0 Å². The normalized spacial score (nSPS) is 17.4. The van der Waals surface area contributed by atoms with Gasteiger partial charge in [0.1, 0.15) is 5.82 Å². The number of piperidine rings is 1. The van der Waals surface area contributed by atoms with Gasteiger partial charge in [0.05, 0.1) is 7.11 Å². The van der Waals surface area contributed by atoms with Gasteiger partial charge in [-0.05, 0) is 45.2 Å². The molecule has 1 aromatic rings. The topological polar surface area (TPSA) is 47.0 Å². The van der Waals surface area contributed by atoms with Gasteiger partial charge in [0.25, 0.3) is 0 Å². The van der Waals surface area contributed by atoms with Gasteiger partial charge in [-0.1, -0.05) is 0 Å². The number of nitrogens with zero attached hydrogens (tertiary/aromatic N) is 2. The second kappa shape index (κ2) is 5.25. The van der Waals surface area contributed by atoms with Crippen molar-refractivity contribution in [2.24, 2.45) is 5.92 Å². The third-order valence-corrected chi connectivity index (χ3v) is 3.03. The Bertz CT molecular complexity index is 348. The fourth-order valence-electron chi connectivity index (χ4n) is 2.19. The number of ether oxygens (including phenoxy) is 1. The van der Waals surface area contributed by atoms with Crippen LogP contribution in [-0.4, -0.2) is 30.2 Å². The van der Waals surface area contributed by atoms with Crippen LogP contribution in [0.25, 0.3) is 0 Å². The van der Waals surface area contributed by atoms with Crippen LogP contribution in [0.3, 0.4) is 0 Å². The number of hydrogen-bond acceptors (Lipinski definition) is 4. The number of aromatic nitrogens is 2. The molecule has 1 aliphatic heterocycles. The number of aryl methyl sites for hydroxylation is 1. The second-order valence-electron chi connectivity index (χ2n) is 4.35. The summed E-state index contributed by atoms with van der Waals surface area (Å²) in [5.74, 6) is 2.22. The summed E-state index contributed by atoms with van der Waals surface area (Å²) in [5.41, 5.74) is 1.11. The van der Waals surface area contributed by atoms with Crippen molar-refractivity contribution in [2.45, 2.75) is 26.2 Å². The van der Waals surface area contributed by atoms with Crippen LogP contribution in [0.5, 0.6) is 5.88 Å². The first kappa shape index (κ1) is 11.3. The zero-order valence-corrected chi connectivity index (χ0v) is 9.99. The summed E-state index contributed by atoms with van der Waals surface area (Å²) in [6, 6.07) is 1.95. The summed E-state index contributed by atoms with van der Waals surface area (Å²) >= 11 is 0. The van der Waals surface area contributed by atoms with Gasteiger partial charge in [0, 0.05) is 11.8 Å². The fraction of sp³-hybridized carbons (Fsp3) is 0.667. The van der Waals surface area contributed by atoms with E-state index in [0.29, 0.717) is 5.88 Å². The lowest BCUT2D eigenvalue weighted by Gasteiger charge is -2.22. The molecule has 1 aromatic heterocycles. The maximum absolute atomic E-state index is 5.16. The van der Waals surface area contributed by atoms with Crippen molar-refractivity contribution in [3.63, 3.8) is 0 Å². The van der Waals surface area contributed by atoms with Crippen LogP contribution < -0.4 is 10.1 Å². The van der Waals surface area contributed by atoms with Crippen LogP contribution in [-0.2, 0) is 6.42 Å². The van der Waals surface area contributed by atoms with Gasteiger partial charge in [-0.2, -0.15) is 4.98 Å². The van der Waals surface area contributed by atoms with E-state index in [1.165, 1.54) is 12.8 Å². The first-order chi connectivity index (χ1) is 7.78. The highest BCUT2D eigenvalue weighted by atomic mass is 16.5. The fourth-order valence-corrected chi connectivity index (χ4v) is 2.19. The molecule has 1 fully saturated rings. The molecule has 1 aliphatic rings. The minimum atomic E-state index is 0.677. The van der Waals surface area contributed by atoms with Gasteiger partial charge >= 0.3 is 0 Å². The highest BCUT2D eigenvalue weighted by Gasteiger charge is 2.15. The third-order valence-electron chi connectivity index (χ3n) is 3.03. The predicted octanol–water partition coefficient (Wildman–Crippen LogP) is 1.34.